The Hall–Kier alpha value is -2.93. The molecule has 1 aromatic carbocycles. The van der Waals surface area contributed by atoms with Crippen LogP contribution in [0.5, 0.6) is 5.75 Å². The number of aromatic nitrogens is 2. The van der Waals surface area contributed by atoms with Crippen LogP contribution in [0.3, 0.4) is 0 Å². The zero-order valence-corrected chi connectivity index (χ0v) is 13.6. The van der Waals surface area contributed by atoms with Crippen LogP contribution in [0.1, 0.15) is 5.56 Å². The van der Waals surface area contributed by atoms with E-state index in [4.69, 9.17) is 13.9 Å². The summed E-state index contributed by atoms with van der Waals surface area (Å²) in [6.45, 7) is 2.91. The summed E-state index contributed by atoms with van der Waals surface area (Å²) in [5.74, 6) is 0.631. The first kappa shape index (κ1) is 15.6. The van der Waals surface area contributed by atoms with Crippen LogP contribution >= 0.6 is 0 Å². The van der Waals surface area contributed by atoms with Crippen molar-refractivity contribution in [1.29, 1.82) is 0 Å². The molecule has 7 heteroatoms. The molecular formula is C18H17N3O4. The van der Waals surface area contributed by atoms with Crippen LogP contribution in [-0.2, 0) is 11.3 Å². The van der Waals surface area contributed by atoms with Gasteiger partial charge in [0.15, 0.2) is 0 Å². The fourth-order valence-corrected chi connectivity index (χ4v) is 2.66. The maximum absolute atomic E-state index is 12.3. The number of nitrogens with zero attached hydrogens (tertiary/aromatic N) is 3. The lowest BCUT2D eigenvalue weighted by Crippen LogP contribution is -2.37. The summed E-state index contributed by atoms with van der Waals surface area (Å²) in [6.07, 6.45) is 3.44. The zero-order valence-electron chi connectivity index (χ0n) is 13.6. The van der Waals surface area contributed by atoms with E-state index in [0.717, 1.165) is 5.56 Å². The van der Waals surface area contributed by atoms with Crippen LogP contribution in [0, 0.1) is 0 Å². The minimum Gasteiger partial charge on any atom is -0.489 e. The van der Waals surface area contributed by atoms with Gasteiger partial charge in [0.2, 0.25) is 0 Å². The Balaban J connectivity index is 1.60. The van der Waals surface area contributed by atoms with Gasteiger partial charge in [-0.1, -0.05) is 0 Å². The molecule has 0 aliphatic carbocycles. The number of hydrogen-bond acceptors (Lipinski definition) is 7. The summed E-state index contributed by atoms with van der Waals surface area (Å²) in [7, 11) is 0. The van der Waals surface area contributed by atoms with E-state index < -0.39 is 0 Å². The van der Waals surface area contributed by atoms with Crippen LogP contribution in [0.2, 0.25) is 0 Å². The van der Waals surface area contributed by atoms with Crippen LogP contribution in [0.25, 0.3) is 11.0 Å². The van der Waals surface area contributed by atoms with E-state index in [1.54, 1.807) is 30.6 Å². The third kappa shape index (κ3) is 3.46. The van der Waals surface area contributed by atoms with Gasteiger partial charge in [-0.3, -0.25) is 9.78 Å². The SMILES string of the molecule is O=c1nc(N2CCOCC2)oc2cc(OCc3ccncc3)ccc12. The molecule has 7 nitrogen and oxygen atoms in total. The highest BCUT2D eigenvalue weighted by molar-refractivity contribution is 5.77. The largest absolute Gasteiger partial charge is 0.489 e. The second kappa shape index (κ2) is 6.90. The van der Waals surface area contributed by atoms with Gasteiger partial charge in [0.05, 0.1) is 18.6 Å². The van der Waals surface area contributed by atoms with Gasteiger partial charge in [0, 0.05) is 31.5 Å². The summed E-state index contributed by atoms with van der Waals surface area (Å²) < 4.78 is 16.9. The van der Waals surface area contributed by atoms with Gasteiger partial charge in [-0.25, -0.2) is 0 Å². The van der Waals surface area contributed by atoms with Gasteiger partial charge in [-0.15, -0.1) is 0 Å². The molecular weight excluding hydrogens is 322 g/mol. The third-order valence-electron chi connectivity index (χ3n) is 4.02. The monoisotopic (exact) mass is 339 g/mol. The summed E-state index contributed by atoms with van der Waals surface area (Å²) in [6, 6.07) is 9.26. The lowest BCUT2D eigenvalue weighted by molar-refractivity contribution is 0.120. The number of morpholine rings is 1. The summed E-state index contributed by atoms with van der Waals surface area (Å²) in [5.41, 5.74) is 1.18. The van der Waals surface area contributed by atoms with Crippen molar-refractivity contribution in [2.75, 3.05) is 31.2 Å². The van der Waals surface area contributed by atoms with Crippen molar-refractivity contribution in [2.24, 2.45) is 0 Å². The molecule has 0 bridgehead atoms. The Morgan fingerprint density at radius 2 is 1.92 bits per heavy atom. The summed E-state index contributed by atoms with van der Waals surface area (Å²) in [4.78, 5) is 22.2. The third-order valence-corrected chi connectivity index (χ3v) is 4.02. The Bertz CT molecular complexity index is 921. The van der Waals surface area contributed by atoms with Crippen molar-refractivity contribution in [2.45, 2.75) is 6.61 Å². The minimum absolute atomic E-state index is 0.302. The Labute approximate surface area is 143 Å². The molecule has 0 unspecified atom stereocenters. The van der Waals surface area contributed by atoms with Crippen molar-refractivity contribution in [3.05, 3.63) is 58.6 Å². The second-order valence-corrected chi connectivity index (χ2v) is 5.70. The molecule has 0 radical (unpaired) electrons. The molecule has 0 saturated carbocycles. The molecule has 1 aliphatic rings. The van der Waals surface area contributed by atoms with Gasteiger partial charge >= 0.3 is 6.01 Å². The molecule has 0 amide bonds. The maximum Gasteiger partial charge on any atom is 0.301 e. The predicted molar refractivity (Wildman–Crippen MR) is 91.9 cm³/mol. The summed E-state index contributed by atoms with van der Waals surface area (Å²) >= 11 is 0. The molecule has 1 fully saturated rings. The molecule has 1 aliphatic heterocycles. The molecule has 0 atom stereocenters. The van der Waals surface area contributed by atoms with E-state index in [0.29, 0.717) is 55.6 Å². The van der Waals surface area contributed by atoms with Crippen LogP contribution in [0.4, 0.5) is 6.01 Å². The van der Waals surface area contributed by atoms with Gasteiger partial charge in [-0.05, 0) is 29.8 Å². The minimum atomic E-state index is -0.302. The molecule has 0 spiro atoms. The highest BCUT2D eigenvalue weighted by Crippen LogP contribution is 2.23. The predicted octanol–water partition coefficient (Wildman–Crippen LogP) is 2.00. The fourth-order valence-electron chi connectivity index (χ4n) is 2.66. The maximum atomic E-state index is 12.3. The van der Waals surface area contributed by atoms with Crippen LogP contribution in [-0.4, -0.2) is 36.3 Å². The molecule has 128 valence electrons. The van der Waals surface area contributed by atoms with Gasteiger partial charge in [-0.2, -0.15) is 4.98 Å². The van der Waals surface area contributed by atoms with Crippen molar-refractivity contribution >= 4 is 17.0 Å². The van der Waals surface area contributed by atoms with E-state index in [9.17, 15) is 4.79 Å². The van der Waals surface area contributed by atoms with E-state index >= 15 is 0 Å². The fraction of sp³-hybridized carbons (Fsp3) is 0.278. The number of rotatable bonds is 4. The lowest BCUT2D eigenvalue weighted by Gasteiger charge is -2.25. The lowest BCUT2D eigenvalue weighted by atomic mass is 10.2. The van der Waals surface area contributed by atoms with E-state index in [2.05, 4.69) is 9.97 Å². The smallest absolute Gasteiger partial charge is 0.301 e. The molecule has 3 aromatic rings. The average molecular weight is 339 g/mol. The Kier molecular flexibility index (Phi) is 4.30. The first-order chi connectivity index (χ1) is 12.3. The van der Waals surface area contributed by atoms with Crippen molar-refractivity contribution < 1.29 is 13.9 Å². The molecule has 0 N–H and O–H groups in total. The first-order valence-corrected chi connectivity index (χ1v) is 8.09. The molecule has 25 heavy (non-hydrogen) atoms. The number of fused-ring (bicyclic) bond motifs is 1. The molecule has 3 heterocycles. The number of ether oxygens (including phenoxy) is 2. The van der Waals surface area contributed by atoms with Crippen molar-refractivity contribution in [3.63, 3.8) is 0 Å². The highest BCUT2D eigenvalue weighted by atomic mass is 16.5. The Morgan fingerprint density at radius 3 is 2.72 bits per heavy atom. The van der Waals surface area contributed by atoms with Crippen LogP contribution in [0.15, 0.2) is 51.9 Å². The number of hydrogen-bond donors (Lipinski definition) is 0. The van der Waals surface area contributed by atoms with E-state index in [-0.39, 0.29) is 5.56 Å². The van der Waals surface area contributed by atoms with Crippen molar-refractivity contribution in [1.82, 2.24) is 9.97 Å². The van der Waals surface area contributed by atoms with Gasteiger partial charge < -0.3 is 18.8 Å². The zero-order chi connectivity index (χ0) is 17.1. The Morgan fingerprint density at radius 1 is 1.12 bits per heavy atom. The van der Waals surface area contributed by atoms with E-state index in [1.165, 1.54) is 0 Å². The van der Waals surface area contributed by atoms with Gasteiger partial charge in [0.1, 0.15) is 17.9 Å². The molecule has 1 saturated heterocycles. The number of anilines is 1. The van der Waals surface area contributed by atoms with Crippen molar-refractivity contribution in [3.8, 4) is 5.75 Å². The number of benzene rings is 1. The van der Waals surface area contributed by atoms with E-state index in [1.807, 2.05) is 17.0 Å². The first-order valence-electron chi connectivity index (χ1n) is 8.09. The average Bonchev–Trinajstić information content (AvgIpc) is 2.67. The molecule has 4 rings (SSSR count). The number of pyridine rings is 1. The normalized spacial score (nSPS) is 14.6. The second-order valence-electron chi connectivity index (χ2n) is 5.70. The van der Waals surface area contributed by atoms with Crippen LogP contribution < -0.4 is 15.2 Å². The van der Waals surface area contributed by atoms with Gasteiger partial charge in [0.25, 0.3) is 5.56 Å². The highest BCUT2D eigenvalue weighted by Gasteiger charge is 2.17. The quantitative estimate of drug-likeness (QED) is 0.719. The topological polar surface area (TPSA) is 77.7 Å². The standard InChI is InChI=1S/C18H17N3O4/c22-17-15-2-1-14(24-12-13-3-5-19-6-4-13)11-16(15)25-18(20-17)21-7-9-23-10-8-21/h1-6,11H,7-10,12H2. The summed E-state index contributed by atoms with van der Waals surface area (Å²) in [5, 5.41) is 0.438. The molecule has 2 aromatic heterocycles.